The van der Waals surface area contributed by atoms with E-state index >= 15 is 0 Å². The van der Waals surface area contributed by atoms with E-state index in [9.17, 15) is 9.59 Å². The van der Waals surface area contributed by atoms with Crippen LogP contribution >= 0.6 is 23.2 Å². The maximum absolute atomic E-state index is 12.1. The first-order valence-electron chi connectivity index (χ1n) is 8.87. The SMILES string of the molecule is CCCCCC(=O)Nc1cccc(NCC(=O)Nc2cccc(Cl)c2Cl)c1. The molecule has 0 aromatic heterocycles. The van der Waals surface area contributed by atoms with Gasteiger partial charge in [0.25, 0.3) is 0 Å². The third-order valence-corrected chi connectivity index (χ3v) is 4.65. The molecule has 0 unspecified atom stereocenters. The number of benzene rings is 2. The quantitative estimate of drug-likeness (QED) is 0.476. The van der Waals surface area contributed by atoms with E-state index in [4.69, 9.17) is 23.2 Å². The fraction of sp³-hybridized carbons (Fsp3) is 0.300. The topological polar surface area (TPSA) is 70.2 Å². The molecule has 0 fully saturated rings. The van der Waals surface area contributed by atoms with Crippen molar-refractivity contribution < 1.29 is 9.59 Å². The molecule has 0 aliphatic rings. The van der Waals surface area contributed by atoms with Crippen LogP contribution in [0, 0.1) is 0 Å². The predicted molar refractivity (Wildman–Crippen MR) is 113 cm³/mol. The first-order valence-corrected chi connectivity index (χ1v) is 9.63. The lowest BCUT2D eigenvalue weighted by Crippen LogP contribution is -2.22. The maximum Gasteiger partial charge on any atom is 0.243 e. The highest BCUT2D eigenvalue weighted by Gasteiger charge is 2.08. The van der Waals surface area contributed by atoms with Gasteiger partial charge in [-0.2, -0.15) is 0 Å². The van der Waals surface area contributed by atoms with Gasteiger partial charge in [-0.15, -0.1) is 0 Å². The number of nitrogens with one attached hydrogen (secondary N) is 3. The Morgan fingerprint density at radius 3 is 2.44 bits per heavy atom. The molecule has 0 aliphatic heterocycles. The van der Waals surface area contributed by atoms with E-state index in [1.165, 1.54) is 0 Å². The lowest BCUT2D eigenvalue weighted by Gasteiger charge is -2.11. The Balaban J connectivity index is 1.86. The number of carbonyl (C=O) groups excluding carboxylic acids is 2. The van der Waals surface area contributed by atoms with Crippen molar-refractivity contribution in [3.63, 3.8) is 0 Å². The van der Waals surface area contributed by atoms with Gasteiger partial charge in [-0.05, 0) is 36.8 Å². The predicted octanol–water partition coefficient (Wildman–Crippen LogP) is 5.56. The van der Waals surface area contributed by atoms with Crippen LogP contribution in [0.25, 0.3) is 0 Å². The van der Waals surface area contributed by atoms with Crippen molar-refractivity contribution in [3.05, 3.63) is 52.5 Å². The summed E-state index contributed by atoms with van der Waals surface area (Å²) < 4.78 is 0. The summed E-state index contributed by atoms with van der Waals surface area (Å²) in [6.45, 7) is 2.15. The zero-order valence-corrected chi connectivity index (χ0v) is 16.7. The Labute approximate surface area is 169 Å². The Hall–Kier alpha value is -2.24. The fourth-order valence-corrected chi connectivity index (χ4v) is 2.79. The van der Waals surface area contributed by atoms with Crippen molar-refractivity contribution in [3.8, 4) is 0 Å². The van der Waals surface area contributed by atoms with Gasteiger partial charge in [-0.1, -0.05) is 55.1 Å². The minimum Gasteiger partial charge on any atom is -0.376 e. The van der Waals surface area contributed by atoms with Crippen LogP contribution in [0.5, 0.6) is 0 Å². The van der Waals surface area contributed by atoms with Crippen LogP contribution in [0.15, 0.2) is 42.5 Å². The molecule has 144 valence electrons. The van der Waals surface area contributed by atoms with Crippen LogP contribution in [0.1, 0.15) is 32.6 Å². The smallest absolute Gasteiger partial charge is 0.243 e. The van der Waals surface area contributed by atoms with Crippen molar-refractivity contribution in [2.24, 2.45) is 0 Å². The average molecular weight is 408 g/mol. The summed E-state index contributed by atoms with van der Waals surface area (Å²) in [4.78, 5) is 24.0. The molecule has 3 N–H and O–H groups in total. The molecule has 2 aromatic carbocycles. The summed E-state index contributed by atoms with van der Waals surface area (Å²) in [5, 5.41) is 9.29. The molecule has 27 heavy (non-hydrogen) atoms. The van der Waals surface area contributed by atoms with Gasteiger partial charge >= 0.3 is 0 Å². The number of amides is 2. The molecule has 7 heteroatoms. The molecule has 0 saturated carbocycles. The number of hydrogen-bond acceptors (Lipinski definition) is 3. The van der Waals surface area contributed by atoms with Crippen LogP contribution in [-0.4, -0.2) is 18.4 Å². The molecular formula is C20H23Cl2N3O2. The van der Waals surface area contributed by atoms with E-state index in [2.05, 4.69) is 22.9 Å². The van der Waals surface area contributed by atoms with Crippen molar-refractivity contribution in [1.29, 1.82) is 0 Å². The lowest BCUT2D eigenvalue weighted by atomic mass is 10.2. The van der Waals surface area contributed by atoms with Crippen molar-refractivity contribution >= 4 is 52.1 Å². The Bertz CT molecular complexity index is 797. The summed E-state index contributed by atoms with van der Waals surface area (Å²) in [6.07, 6.45) is 3.51. The molecule has 2 amide bonds. The molecular weight excluding hydrogens is 385 g/mol. The second-order valence-electron chi connectivity index (χ2n) is 6.09. The molecule has 0 bridgehead atoms. The summed E-state index contributed by atoms with van der Waals surface area (Å²) in [6, 6.07) is 12.3. The molecule has 0 saturated heterocycles. The third-order valence-electron chi connectivity index (χ3n) is 3.83. The molecule has 0 radical (unpaired) electrons. The summed E-state index contributed by atoms with van der Waals surface area (Å²) in [5.74, 6) is -0.262. The summed E-state index contributed by atoms with van der Waals surface area (Å²) >= 11 is 12.0. The van der Waals surface area contributed by atoms with Gasteiger partial charge in [0, 0.05) is 17.8 Å². The van der Waals surface area contributed by atoms with Gasteiger partial charge < -0.3 is 16.0 Å². The monoisotopic (exact) mass is 407 g/mol. The third kappa shape index (κ3) is 7.12. The van der Waals surface area contributed by atoms with E-state index < -0.39 is 0 Å². The molecule has 5 nitrogen and oxygen atoms in total. The Morgan fingerprint density at radius 1 is 0.926 bits per heavy atom. The van der Waals surface area contributed by atoms with Crippen LogP contribution in [0.4, 0.5) is 17.1 Å². The van der Waals surface area contributed by atoms with E-state index in [0.717, 1.165) is 24.9 Å². The minimum absolute atomic E-state index is 0.00561. The number of halogens is 2. The molecule has 0 spiro atoms. The molecule has 0 atom stereocenters. The summed E-state index contributed by atoms with van der Waals surface area (Å²) in [7, 11) is 0. The second kappa shape index (κ2) is 10.8. The molecule has 0 heterocycles. The van der Waals surface area contributed by atoms with Gasteiger partial charge in [0.2, 0.25) is 11.8 Å². The Morgan fingerprint density at radius 2 is 1.67 bits per heavy atom. The van der Waals surface area contributed by atoms with Gasteiger partial charge in [0.15, 0.2) is 0 Å². The van der Waals surface area contributed by atoms with Gasteiger partial charge in [0.1, 0.15) is 0 Å². The number of hydrogen-bond donors (Lipinski definition) is 3. The first kappa shape index (κ1) is 21.1. The van der Waals surface area contributed by atoms with E-state index in [1.54, 1.807) is 24.3 Å². The molecule has 0 aliphatic carbocycles. The van der Waals surface area contributed by atoms with Crippen LogP contribution in [0.3, 0.4) is 0 Å². The largest absolute Gasteiger partial charge is 0.376 e. The van der Waals surface area contributed by atoms with Crippen LogP contribution < -0.4 is 16.0 Å². The van der Waals surface area contributed by atoms with Gasteiger partial charge in [-0.25, -0.2) is 0 Å². The van der Waals surface area contributed by atoms with Crippen molar-refractivity contribution in [2.75, 3.05) is 22.5 Å². The van der Waals surface area contributed by atoms with Crippen molar-refractivity contribution in [2.45, 2.75) is 32.6 Å². The molecule has 2 aromatic rings. The van der Waals surface area contributed by atoms with E-state index in [-0.39, 0.29) is 18.4 Å². The highest BCUT2D eigenvalue weighted by atomic mass is 35.5. The fourth-order valence-electron chi connectivity index (χ4n) is 2.44. The van der Waals surface area contributed by atoms with Crippen molar-refractivity contribution in [1.82, 2.24) is 0 Å². The highest BCUT2D eigenvalue weighted by Crippen LogP contribution is 2.29. The zero-order valence-electron chi connectivity index (χ0n) is 15.1. The number of rotatable bonds is 9. The zero-order chi connectivity index (χ0) is 19.6. The first-order chi connectivity index (χ1) is 13.0. The number of carbonyl (C=O) groups is 2. The van der Waals surface area contributed by atoms with E-state index in [1.807, 2.05) is 18.2 Å². The van der Waals surface area contributed by atoms with E-state index in [0.29, 0.717) is 27.8 Å². The number of anilines is 3. The molecule has 2 rings (SSSR count). The van der Waals surface area contributed by atoms with Crippen LogP contribution in [0.2, 0.25) is 10.0 Å². The van der Waals surface area contributed by atoms with Gasteiger partial charge in [0.05, 0.1) is 22.3 Å². The van der Waals surface area contributed by atoms with Crippen LogP contribution in [-0.2, 0) is 9.59 Å². The highest BCUT2D eigenvalue weighted by molar-refractivity contribution is 6.44. The normalized spacial score (nSPS) is 10.3. The average Bonchev–Trinajstić information content (AvgIpc) is 2.64. The standard InChI is InChI=1S/C20H23Cl2N3O2/c1-2-3-4-11-18(26)24-15-8-5-7-14(12-15)23-13-19(27)25-17-10-6-9-16(21)20(17)22/h5-10,12,23H,2-4,11,13H2,1H3,(H,24,26)(H,25,27). The Kier molecular flexibility index (Phi) is 8.43. The van der Waals surface area contributed by atoms with Gasteiger partial charge in [-0.3, -0.25) is 9.59 Å². The second-order valence-corrected chi connectivity index (χ2v) is 6.87. The number of unbranched alkanes of at least 4 members (excludes halogenated alkanes) is 2. The lowest BCUT2D eigenvalue weighted by molar-refractivity contribution is -0.116. The minimum atomic E-state index is -0.256. The summed E-state index contributed by atoms with van der Waals surface area (Å²) in [5.41, 5.74) is 1.89. The maximum atomic E-state index is 12.1.